The average Bonchev–Trinajstić information content (AvgIpc) is 2.27. The van der Waals surface area contributed by atoms with Crippen LogP contribution in [0.25, 0.3) is 10.9 Å². The van der Waals surface area contributed by atoms with Gasteiger partial charge in [-0.2, -0.15) is 0 Å². The van der Waals surface area contributed by atoms with E-state index >= 15 is 0 Å². The van der Waals surface area contributed by atoms with Gasteiger partial charge in [0.15, 0.2) is 0 Å². The van der Waals surface area contributed by atoms with Gasteiger partial charge in [-0.05, 0) is 18.1 Å². The van der Waals surface area contributed by atoms with Crippen LogP contribution < -0.4 is 5.73 Å². The molecule has 0 saturated heterocycles. The number of para-hydroxylation sites is 1. The first-order chi connectivity index (χ1) is 7.18. The summed E-state index contributed by atoms with van der Waals surface area (Å²) in [7, 11) is 0. The molecule has 0 saturated carbocycles. The molecule has 2 nitrogen and oxygen atoms in total. The Hall–Kier alpha value is -1.41. The number of aromatic nitrogens is 1. The molecule has 1 unspecified atom stereocenters. The quantitative estimate of drug-likeness (QED) is 0.809. The third kappa shape index (κ3) is 2.00. The fourth-order valence-corrected chi connectivity index (χ4v) is 1.61. The molecular weight excluding hydrogens is 184 g/mol. The Labute approximate surface area is 90.1 Å². The van der Waals surface area contributed by atoms with Gasteiger partial charge in [-0.1, -0.05) is 38.1 Å². The first-order valence-electron chi connectivity index (χ1n) is 5.30. The Bertz CT molecular complexity index is 463. The highest BCUT2D eigenvalue weighted by molar-refractivity contribution is 5.78. The molecule has 0 bridgehead atoms. The normalized spacial score (nSPS) is 13.3. The van der Waals surface area contributed by atoms with E-state index in [9.17, 15) is 0 Å². The summed E-state index contributed by atoms with van der Waals surface area (Å²) < 4.78 is 0. The first kappa shape index (κ1) is 10.1. The lowest BCUT2D eigenvalue weighted by Crippen LogP contribution is -2.17. The molecule has 1 aromatic carbocycles. The van der Waals surface area contributed by atoms with Gasteiger partial charge in [0, 0.05) is 11.4 Å². The minimum atomic E-state index is 0.0228. The zero-order chi connectivity index (χ0) is 10.8. The summed E-state index contributed by atoms with van der Waals surface area (Å²) in [4.78, 5) is 4.57. The van der Waals surface area contributed by atoms with Crippen molar-refractivity contribution in [1.82, 2.24) is 4.98 Å². The largest absolute Gasteiger partial charge is 0.322 e. The fourth-order valence-electron chi connectivity index (χ4n) is 1.61. The zero-order valence-corrected chi connectivity index (χ0v) is 9.14. The number of nitrogens with two attached hydrogens (primary N) is 1. The molecule has 2 heteroatoms. The standard InChI is InChI=1S/C13H16N2/c1-9(2)13(14)12-8-7-10-5-3-4-6-11(10)15-12/h3-9,13H,14H2,1-2H3. The van der Waals surface area contributed by atoms with Crippen LogP contribution in [0, 0.1) is 5.92 Å². The Morgan fingerprint density at radius 2 is 1.80 bits per heavy atom. The van der Waals surface area contributed by atoms with E-state index in [2.05, 4.69) is 31.0 Å². The number of benzene rings is 1. The first-order valence-corrected chi connectivity index (χ1v) is 5.30. The predicted molar refractivity (Wildman–Crippen MR) is 63.5 cm³/mol. The molecule has 1 aromatic heterocycles. The lowest BCUT2D eigenvalue weighted by molar-refractivity contribution is 0.504. The Morgan fingerprint density at radius 1 is 1.07 bits per heavy atom. The van der Waals surface area contributed by atoms with Crippen LogP contribution in [0.2, 0.25) is 0 Å². The van der Waals surface area contributed by atoms with E-state index in [0.717, 1.165) is 16.6 Å². The third-order valence-corrected chi connectivity index (χ3v) is 2.68. The highest BCUT2D eigenvalue weighted by atomic mass is 14.8. The summed E-state index contributed by atoms with van der Waals surface area (Å²) >= 11 is 0. The Morgan fingerprint density at radius 3 is 2.53 bits per heavy atom. The summed E-state index contributed by atoms with van der Waals surface area (Å²) in [5, 5.41) is 1.16. The van der Waals surface area contributed by atoms with Crippen LogP contribution in [0.1, 0.15) is 25.6 Å². The summed E-state index contributed by atoms with van der Waals surface area (Å²) in [5.41, 5.74) is 8.06. The molecule has 2 aromatic rings. The number of rotatable bonds is 2. The Kier molecular flexibility index (Phi) is 2.69. The van der Waals surface area contributed by atoms with Crippen molar-refractivity contribution in [2.75, 3.05) is 0 Å². The van der Waals surface area contributed by atoms with E-state index < -0.39 is 0 Å². The van der Waals surface area contributed by atoms with Crippen LogP contribution >= 0.6 is 0 Å². The van der Waals surface area contributed by atoms with E-state index in [0.29, 0.717) is 5.92 Å². The van der Waals surface area contributed by atoms with E-state index in [1.54, 1.807) is 0 Å². The van der Waals surface area contributed by atoms with Crippen LogP contribution in [-0.2, 0) is 0 Å². The molecule has 0 aliphatic rings. The second-order valence-electron chi connectivity index (χ2n) is 4.20. The lowest BCUT2D eigenvalue weighted by Gasteiger charge is -2.15. The van der Waals surface area contributed by atoms with Gasteiger partial charge in [0.1, 0.15) is 0 Å². The molecule has 1 heterocycles. The minimum absolute atomic E-state index is 0.0228. The molecule has 0 radical (unpaired) electrons. The summed E-state index contributed by atoms with van der Waals surface area (Å²) in [5.74, 6) is 0.415. The average molecular weight is 200 g/mol. The van der Waals surface area contributed by atoms with Crippen molar-refractivity contribution in [1.29, 1.82) is 0 Å². The second-order valence-corrected chi connectivity index (χ2v) is 4.20. The van der Waals surface area contributed by atoms with Crippen molar-refractivity contribution in [2.45, 2.75) is 19.9 Å². The SMILES string of the molecule is CC(C)C(N)c1ccc2ccccc2n1. The molecule has 0 amide bonds. The number of fused-ring (bicyclic) bond motifs is 1. The molecule has 78 valence electrons. The molecule has 2 N–H and O–H groups in total. The van der Waals surface area contributed by atoms with Crippen molar-refractivity contribution >= 4 is 10.9 Å². The molecular formula is C13H16N2. The molecule has 0 aliphatic carbocycles. The molecule has 0 fully saturated rings. The van der Waals surface area contributed by atoms with Crippen molar-refractivity contribution in [3.8, 4) is 0 Å². The highest BCUT2D eigenvalue weighted by Gasteiger charge is 2.11. The fraction of sp³-hybridized carbons (Fsp3) is 0.308. The van der Waals surface area contributed by atoms with Gasteiger partial charge in [-0.15, -0.1) is 0 Å². The zero-order valence-electron chi connectivity index (χ0n) is 9.14. The minimum Gasteiger partial charge on any atom is -0.322 e. The van der Waals surface area contributed by atoms with Crippen molar-refractivity contribution in [3.05, 3.63) is 42.1 Å². The molecule has 0 spiro atoms. The Balaban J connectivity index is 2.47. The van der Waals surface area contributed by atoms with Crippen LogP contribution in [0.5, 0.6) is 0 Å². The van der Waals surface area contributed by atoms with Gasteiger partial charge >= 0.3 is 0 Å². The molecule has 15 heavy (non-hydrogen) atoms. The van der Waals surface area contributed by atoms with E-state index in [1.165, 1.54) is 0 Å². The maximum Gasteiger partial charge on any atom is 0.0706 e. The van der Waals surface area contributed by atoms with Crippen molar-refractivity contribution in [3.63, 3.8) is 0 Å². The van der Waals surface area contributed by atoms with Crippen LogP contribution in [0.15, 0.2) is 36.4 Å². The lowest BCUT2D eigenvalue weighted by atomic mass is 10.0. The summed E-state index contributed by atoms with van der Waals surface area (Å²) in [6, 6.07) is 12.2. The van der Waals surface area contributed by atoms with Crippen LogP contribution in [0.4, 0.5) is 0 Å². The van der Waals surface area contributed by atoms with Crippen molar-refractivity contribution in [2.24, 2.45) is 11.7 Å². The van der Waals surface area contributed by atoms with Crippen LogP contribution in [0.3, 0.4) is 0 Å². The highest BCUT2D eigenvalue weighted by Crippen LogP contribution is 2.19. The second kappa shape index (κ2) is 3.99. The maximum absolute atomic E-state index is 6.07. The number of hydrogen-bond donors (Lipinski definition) is 1. The topological polar surface area (TPSA) is 38.9 Å². The molecule has 0 aliphatic heterocycles. The van der Waals surface area contributed by atoms with E-state index in [-0.39, 0.29) is 6.04 Å². The van der Waals surface area contributed by atoms with E-state index in [4.69, 9.17) is 5.73 Å². The number of nitrogens with zero attached hydrogens (tertiary/aromatic N) is 1. The van der Waals surface area contributed by atoms with Gasteiger partial charge in [0.05, 0.1) is 11.2 Å². The van der Waals surface area contributed by atoms with Gasteiger partial charge in [-0.25, -0.2) is 0 Å². The van der Waals surface area contributed by atoms with Gasteiger partial charge in [0.2, 0.25) is 0 Å². The third-order valence-electron chi connectivity index (χ3n) is 2.68. The van der Waals surface area contributed by atoms with Crippen molar-refractivity contribution < 1.29 is 0 Å². The van der Waals surface area contributed by atoms with Gasteiger partial charge < -0.3 is 5.73 Å². The van der Waals surface area contributed by atoms with Gasteiger partial charge in [0.25, 0.3) is 0 Å². The summed E-state index contributed by atoms with van der Waals surface area (Å²) in [6.07, 6.45) is 0. The van der Waals surface area contributed by atoms with Gasteiger partial charge in [-0.3, -0.25) is 4.98 Å². The summed E-state index contributed by atoms with van der Waals surface area (Å²) in [6.45, 7) is 4.23. The molecule has 2 rings (SSSR count). The molecule has 1 atom stereocenters. The number of hydrogen-bond acceptors (Lipinski definition) is 2. The number of pyridine rings is 1. The van der Waals surface area contributed by atoms with Crippen LogP contribution in [-0.4, -0.2) is 4.98 Å². The smallest absolute Gasteiger partial charge is 0.0706 e. The predicted octanol–water partition coefficient (Wildman–Crippen LogP) is 2.89. The maximum atomic E-state index is 6.07. The monoisotopic (exact) mass is 200 g/mol. The van der Waals surface area contributed by atoms with E-state index in [1.807, 2.05) is 24.3 Å².